The van der Waals surface area contributed by atoms with Gasteiger partial charge in [0.2, 0.25) is 5.91 Å². The molecule has 0 radical (unpaired) electrons. The van der Waals surface area contributed by atoms with Crippen LogP contribution >= 0.6 is 0 Å². The molecular weight excluding hydrogens is 504 g/mol. The van der Waals surface area contributed by atoms with Crippen molar-refractivity contribution in [2.24, 2.45) is 5.73 Å². The SMILES string of the molecule is COCCCn1c(C2CCCN(C(=O)CC(N)Cc3ccc(N4CCC(O)C4O)cc3)C2)c(C)c2ccccc21. The minimum atomic E-state index is -0.866. The number of benzene rings is 2. The number of likely N-dealkylation sites (tertiary alicyclic amines) is 1. The maximum absolute atomic E-state index is 13.4. The van der Waals surface area contributed by atoms with Gasteiger partial charge in [0.1, 0.15) is 6.10 Å². The molecule has 3 aromatic rings. The van der Waals surface area contributed by atoms with E-state index in [4.69, 9.17) is 10.5 Å². The molecule has 216 valence electrons. The minimum Gasteiger partial charge on any atom is -0.388 e. The third-order valence-electron chi connectivity index (χ3n) is 8.70. The van der Waals surface area contributed by atoms with Gasteiger partial charge in [-0.3, -0.25) is 4.79 Å². The Balaban J connectivity index is 1.22. The van der Waals surface area contributed by atoms with Crippen molar-refractivity contribution >= 4 is 22.5 Å². The highest BCUT2D eigenvalue weighted by Crippen LogP contribution is 2.36. The number of anilines is 1. The van der Waals surface area contributed by atoms with Gasteiger partial charge in [-0.25, -0.2) is 0 Å². The number of nitrogens with two attached hydrogens (primary N) is 1. The van der Waals surface area contributed by atoms with Crippen LogP contribution in [-0.2, 0) is 22.5 Å². The van der Waals surface area contributed by atoms with Gasteiger partial charge >= 0.3 is 0 Å². The van der Waals surface area contributed by atoms with Crippen molar-refractivity contribution in [2.75, 3.05) is 38.3 Å². The van der Waals surface area contributed by atoms with Crippen LogP contribution in [0.5, 0.6) is 0 Å². The van der Waals surface area contributed by atoms with E-state index in [1.54, 1.807) is 7.11 Å². The topological polar surface area (TPSA) is 104 Å². The van der Waals surface area contributed by atoms with Crippen LogP contribution in [0.15, 0.2) is 48.5 Å². The van der Waals surface area contributed by atoms with Crippen molar-refractivity contribution in [3.05, 3.63) is 65.4 Å². The van der Waals surface area contributed by atoms with Crippen molar-refractivity contribution < 1.29 is 19.7 Å². The van der Waals surface area contributed by atoms with E-state index in [0.29, 0.717) is 31.7 Å². The molecule has 4 N–H and O–H groups in total. The molecule has 0 bridgehead atoms. The second-order valence-corrected chi connectivity index (χ2v) is 11.5. The molecule has 2 fully saturated rings. The van der Waals surface area contributed by atoms with Crippen LogP contribution in [0.2, 0.25) is 0 Å². The zero-order chi connectivity index (χ0) is 28.2. The van der Waals surface area contributed by atoms with Crippen LogP contribution in [0.3, 0.4) is 0 Å². The monoisotopic (exact) mass is 548 g/mol. The minimum absolute atomic E-state index is 0.127. The molecule has 1 aromatic heterocycles. The van der Waals surface area contributed by atoms with Gasteiger partial charge in [0.15, 0.2) is 6.23 Å². The average Bonchev–Trinajstić information content (AvgIpc) is 3.44. The zero-order valence-corrected chi connectivity index (χ0v) is 23.8. The van der Waals surface area contributed by atoms with Crippen LogP contribution in [0, 0.1) is 6.92 Å². The fourth-order valence-electron chi connectivity index (χ4n) is 6.65. The van der Waals surface area contributed by atoms with Crippen molar-refractivity contribution in [3.63, 3.8) is 0 Å². The Hall–Kier alpha value is -2.91. The van der Waals surface area contributed by atoms with Gasteiger partial charge in [-0.2, -0.15) is 0 Å². The Morgan fingerprint density at radius 1 is 1.10 bits per heavy atom. The van der Waals surface area contributed by atoms with Crippen LogP contribution < -0.4 is 10.6 Å². The summed E-state index contributed by atoms with van der Waals surface area (Å²) >= 11 is 0. The fraction of sp³-hybridized carbons (Fsp3) is 0.531. The summed E-state index contributed by atoms with van der Waals surface area (Å²) in [5.41, 5.74) is 12.4. The third-order valence-corrected chi connectivity index (χ3v) is 8.70. The maximum Gasteiger partial charge on any atom is 0.224 e. The highest BCUT2D eigenvalue weighted by atomic mass is 16.5. The van der Waals surface area contributed by atoms with E-state index in [9.17, 15) is 15.0 Å². The summed E-state index contributed by atoms with van der Waals surface area (Å²) in [7, 11) is 1.75. The van der Waals surface area contributed by atoms with Crippen molar-refractivity contribution in [2.45, 2.75) is 76.3 Å². The number of ether oxygens (including phenoxy) is 1. The van der Waals surface area contributed by atoms with Crippen LogP contribution in [0.25, 0.3) is 10.9 Å². The number of carbonyl (C=O) groups excluding carboxylic acids is 1. The van der Waals surface area contributed by atoms with E-state index in [1.165, 1.54) is 22.2 Å². The van der Waals surface area contributed by atoms with E-state index < -0.39 is 12.3 Å². The fourth-order valence-corrected chi connectivity index (χ4v) is 6.65. The largest absolute Gasteiger partial charge is 0.388 e. The van der Waals surface area contributed by atoms with E-state index in [1.807, 2.05) is 34.1 Å². The lowest BCUT2D eigenvalue weighted by Gasteiger charge is -2.34. The van der Waals surface area contributed by atoms with E-state index in [-0.39, 0.29) is 11.9 Å². The number of aliphatic hydroxyl groups is 2. The van der Waals surface area contributed by atoms with Crippen LogP contribution in [0.4, 0.5) is 5.69 Å². The van der Waals surface area contributed by atoms with E-state index in [0.717, 1.165) is 56.8 Å². The molecule has 8 heteroatoms. The van der Waals surface area contributed by atoms with Gasteiger partial charge in [-0.15, -0.1) is 0 Å². The standard InChI is InChI=1S/C32H44N4O4/c1-22-27-8-3-4-9-28(27)36(16-6-18-40-2)31(22)24-7-5-15-34(21-24)30(38)20-25(33)19-23-10-12-26(13-11-23)35-17-14-29(37)32(35)39/h3-4,8-13,24-25,29,32,37,39H,5-7,14-21,33H2,1-2H3. The van der Waals surface area contributed by atoms with E-state index in [2.05, 4.69) is 35.8 Å². The molecule has 8 nitrogen and oxygen atoms in total. The summed E-state index contributed by atoms with van der Waals surface area (Å²) in [4.78, 5) is 17.2. The molecular formula is C32H44N4O4. The second kappa shape index (κ2) is 12.7. The normalized spacial score (nSPS) is 22.3. The van der Waals surface area contributed by atoms with Gasteiger partial charge in [0, 0.05) is 80.6 Å². The number of hydrogen-bond donors (Lipinski definition) is 3. The van der Waals surface area contributed by atoms with Gasteiger partial charge in [0.25, 0.3) is 0 Å². The summed E-state index contributed by atoms with van der Waals surface area (Å²) in [6, 6.07) is 16.2. The Labute approximate surface area is 237 Å². The summed E-state index contributed by atoms with van der Waals surface area (Å²) < 4.78 is 7.79. The summed E-state index contributed by atoms with van der Waals surface area (Å²) in [6.07, 6.45) is 2.93. The smallest absolute Gasteiger partial charge is 0.224 e. The number of fused-ring (bicyclic) bond motifs is 1. The highest BCUT2D eigenvalue weighted by molar-refractivity contribution is 5.85. The number of piperidine rings is 1. The first-order valence-corrected chi connectivity index (χ1v) is 14.7. The van der Waals surface area contributed by atoms with Crippen LogP contribution in [-0.4, -0.2) is 77.3 Å². The quantitative estimate of drug-likeness (QED) is 0.335. The van der Waals surface area contributed by atoms with Gasteiger partial charge < -0.3 is 35.1 Å². The Kier molecular flexibility index (Phi) is 9.10. The molecule has 3 heterocycles. The Morgan fingerprint density at radius 3 is 2.60 bits per heavy atom. The number of aryl methyl sites for hydroxylation is 2. The maximum atomic E-state index is 13.4. The molecule has 0 spiro atoms. The molecule has 2 aliphatic heterocycles. The zero-order valence-electron chi connectivity index (χ0n) is 23.8. The summed E-state index contributed by atoms with van der Waals surface area (Å²) in [5.74, 6) is 0.429. The number of para-hydroxylation sites is 1. The predicted molar refractivity (Wildman–Crippen MR) is 158 cm³/mol. The molecule has 2 aliphatic rings. The Bertz CT molecular complexity index is 1290. The number of methoxy groups -OCH3 is 1. The first-order chi connectivity index (χ1) is 19.4. The predicted octanol–water partition coefficient (Wildman–Crippen LogP) is 3.54. The van der Waals surface area contributed by atoms with Crippen molar-refractivity contribution in [3.8, 4) is 0 Å². The van der Waals surface area contributed by atoms with Gasteiger partial charge in [0.05, 0.1) is 0 Å². The van der Waals surface area contributed by atoms with Crippen molar-refractivity contribution in [1.82, 2.24) is 9.47 Å². The first-order valence-electron chi connectivity index (χ1n) is 14.7. The lowest BCUT2D eigenvalue weighted by molar-refractivity contribution is -0.132. The lowest BCUT2D eigenvalue weighted by Crippen LogP contribution is -2.42. The molecule has 0 saturated carbocycles. The lowest BCUT2D eigenvalue weighted by atomic mass is 9.91. The molecule has 1 amide bonds. The molecule has 2 aromatic carbocycles. The number of aromatic nitrogens is 1. The van der Waals surface area contributed by atoms with Crippen LogP contribution in [0.1, 0.15) is 54.8 Å². The number of amides is 1. The number of aliphatic hydroxyl groups excluding tert-OH is 2. The molecule has 0 aliphatic carbocycles. The van der Waals surface area contributed by atoms with Crippen molar-refractivity contribution in [1.29, 1.82) is 0 Å². The summed E-state index contributed by atoms with van der Waals surface area (Å²) in [6.45, 7) is 5.99. The number of nitrogens with zero attached hydrogens (tertiary/aromatic N) is 3. The summed E-state index contributed by atoms with van der Waals surface area (Å²) in [5, 5.41) is 21.3. The number of hydrogen-bond acceptors (Lipinski definition) is 6. The average molecular weight is 549 g/mol. The second-order valence-electron chi connectivity index (χ2n) is 11.5. The van der Waals surface area contributed by atoms with E-state index >= 15 is 0 Å². The molecule has 2 saturated heterocycles. The van der Waals surface area contributed by atoms with Gasteiger partial charge in [-0.1, -0.05) is 30.3 Å². The van der Waals surface area contributed by atoms with Gasteiger partial charge in [-0.05, 0) is 68.4 Å². The molecule has 40 heavy (non-hydrogen) atoms. The Morgan fingerprint density at radius 2 is 1.88 bits per heavy atom. The first kappa shape index (κ1) is 28.6. The highest BCUT2D eigenvalue weighted by Gasteiger charge is 2.32. The number of carbonyl (C=O) groups is 1. The number of rotatable bonds is 10. The molecule has 5 rings (SSSR count). The molecule has 4 atom stereocenters. The third kappa shape index (κ3) is 6.05. The molecule has 4 unspecified atom stereocenters.